The lowest BCUT2D eigenvalue weighted by atomic mass is 9.96. The van der Waals surface area contributed by atoms with Crippen molar-refractivity contribution in [3.05, 3.63) is 35.3 Å². The lowest BCUT2D eigenvalue weighted by Gasteiger charge is -2.33. The van der Waals surface area contributed by atoms with Crippen LogP contribution in [-0.2, 0) is 17.6 Å². The molecular formula is C24H31N5O4. The molecule has 0 spiro atoms. The Morgan fingerprint density at radius 3 is 2.82 bits per heavy atom. The molecule has 4 rings (SSSR count). The standard InChI is InChI=1S/C24H31N5O4/c1-5-18-21-22(26-15(2)27-24(21)33-28-18)29-12-6-7-17(14-29)23(30)25-11-10-16-8-9-19(31-3)20(13-16)32-4/h8-9,13,17H,5-7,10-12,14H2,1-4H3,(H,25,30)/t17-/m1/s1. The number of carbonyl (C=O) groups is 1. The van der Waals surface area contributed by atoms with Crippen molar-refractivity contribution in [2.24, 2.45) is 5.92 Å². The summed E-state index contributed by atoms with van der Waals surface area (Å²) in [5.74, 6) is 2.82. The summed E-state index contributed by atoms with van der Waals surface area (Å²) in [5, 5.41) is 8.12. The Hall–Kier alpha value is -3.36. The van der Waals surface area contributed by atoms with Gasteiger partial charge >= 0.3 is 0 Å². The lowest BCUT2D eigenvalue weighted by molar-refractivity contribution is -0.125. The summed E-state index contributed by atoms with van der Waals surface area (Å²) < 4.78 is 16.1. The zero-order valence-electron chi connectivity index (χ0n) is 19.7. The number of nitrogens with zero attached hydrogens (tertiary/aromatic N) is 4. The molecular weight excluding hydrogens is 422 g/mol. The van der Waals surface area contributed by atoms with Crippen LogP contribution in [0.3, 0.4) is 0 Å². The van der Waals surface area contributed by atoms with Crippen LogP contribution in [0.2, 0.25) is 0 Å². The smallest absolute Gasteiger partial charge is 0.263 e. The van der Waals surface area contributed by atoms with Gasteiger partial charge in [0.15, 0.2) is 11.5 Å². The van der Waals surface area contributed by atoms with Gasteiger partial charge in [-0.2, -0.15) is 4.98 Å². The third-order valence-corrected chi connectivity index (χ3v) is 6.09. The van der Waals surface area contributed by atoms with Gasteiger partial charge in [0.2, 0.25) is 5.91 Å². The van der Waals surface area contributed by atoms with E-state index in [2.05, 4.69) is 20.4 Å². The average Bonchev–Trinajstić information content (AvgIpc) is 3.26. The maximum Gasteiger partial charge on any atom is 0.263 e. The minimum Gasteiger partial charge on any atom is -0.493 e. The molecule has 1 amide bonds. The maximum absolute atomic E-state index is 12.9. The summed E-state index contributed by atoms with van der Waals surface area (Å²) in [6, 6.07) is 5.82. The van der Waals surface area contributed by atoms with Gasteiger partial charge in [0.25, 0.3) is 5.71 Å². The minimum absolute atomic E-state index is 0.0724. The van der Waals surface area contributed by atoms with Gasteiger partial charge in [-0.3, -0.25) is 4.79 Å². The van der Waals surface area contributed by atoms with Crippen LogP contribution < -0.4 is 19.7 Å². The zero-order valence-corrected chi connectivity index (χ0v) is 19.7. The Morgan fingerprint density at radius 2 is 2.06 bits per heavy atom. The molecule has 1 fully saturated rings. The molecule has 1 aliphatic heterocycles. The Morgan fingerprint density at radius 1 is 1.24 bits per heavy atom. The van der Waals surface area contributed by atoms with Gasteiger partial charge in [0, 0.05) is 19.6 Å². The number of ether oxygens (including phenoxy) is 2. The first-order valence-electron chi connectivity index (χ1n) is 11.4. The summed E-state index contributed by atoms with van der Waals surface area (Å²) in [4.78, 5) is 24.2. The fourth-order valence-corrected chi connectivity index (χ4v) is 4.36. The van der Waals surface area contributed by atoms with Gasteiger partial charge in [-0.25, -0.2) is 4.98 Å². The van der Waals surface area contributed by atoms with E-state index in [1.807, 2.05) is 32.0 Å². The Labute approximate surface area is 193 Å². The van der Waals surface area contributed by atoms with Crippen LogP contribution in [0, 0.1) is 12.8 Å². The first-order valence-corrected chi connectivity index (χ1v) is 11.4. The average molecular weight is 454 g/mol. The molecule has 176 valence electrons. The van der Waals surface area contributed by atoms with Crippen molar-refractivity contribution >= 4 is 22.8 Å². The predicted octanol–water partition coefficient (Wildman–Crippen LogP) is 3.08. The van der Waals surface area contributed by atoms with Crippen molar-refractivity contribution in [3.8, 4) is 11.5 Å². The second-order valence-electron chi connectivity index (χ2n) is 8.27. The molecule has 1 aliphatic rings. The highest BCUT2D eigenvalue weighted by Crippen LogP contribution is 2.31. The molecule has 0 bridgehead atoms. The maximum atomic E-state index is 12.9. The molecule has 9 nitrogen and oxygen atoms in total. The number of nitrogens with one attached hydrogen (secondary N) is 1. The Balaban J connectivity index is 1.40. The molecule has 1 atom stereocenters. The van der Waals surface area contributed by atoms with Gasteiger partial charge in [-0.1, -0.05) is 18.1 Å². The summed E-state index contributed by atoms with van der Waals surface area (Å²) in [6.45, 7) is 5.90. The Kier molecular flexibility index (Phi) is 6.96. The first-order chi connectivity index (χ1) is 16.0. The number of benzene rings is 1. The quantitative estimate of drug-likeness (QED) is 0.555. The number of amides is 1. The van der Waals surface area contributed by atoms with Crippen molar-refractivity contribution in [2.45, 2.75) is 39.5 Å². The highest BCUT2D eigenvalue weighted by molar-refractivity contribution is 5.89. The number of hydrogen-bond acceptors (Lipinski definition) is 8. The van der Waals surface area contributed by atoms with E-state index in [9.17, 15) is 4.79 Å². The number of methoxy groups -OCH3 is 2. The van der Waals surface area contributed by atoms with Crippen LogP contribution >= 0.6 is 0 Å². The largest absolute Gasteiger partial charge is 0.493 e. The van der Waals surface area contributed by atoms with Gasteiger partial charge in [0.05, 0.1) is 25.8 Å². The SMILES string of the molecule is CCc1noc2nc(C)nc(N3CCC[C@@H](C(=O)NCCc4ccc(OC)c(OC)c4)C3)c12. The third kappa shape index (κ3) is 4.86. The first kappa shape index (κ1) is 22.8. The summed E-state index contributed by atoms with van der Waals surface area (Å²) in [7, 11) is 3.24. The fraction of sp³-hybridized carbons (Fsp3) is 0.500. The number of rotatable bonds is 8. The monoisotopic (exact) mass is 453 g/mol. The van der Waals surface area contributed by atoms with E-state index in [0.717, 1.165) is 54.7 Å². The highest BCUT2D eigenvalue weighted by atomic mass is 16.5. The van der Waals surface area contributed by atoms with E-state index < -0.39 is 0 Å². The molecule has 9 heteroatoms. The van der Waals surface area contributed by atoms with E-state index in [4.69, 9.17) is 19.0 Å². The molecule has 0 saturated carbocycles. The molecule has 1 N–H and O–H groups in total. The van der Waals surface area contributed by atoms with Gasteiger partial charge in [0.1, 0.15) is 17.0 Å². The third-order valence-electron chi connectivity index (χ3n) is 6.09. The van der Waals surface area contributed by atoms with Gasteiger partial charge in [-0.15, -0.1) is 0 Å². The number of carbonyl (C=O) groups excluding carboxylic acids is 1. The van der Waals surface area contributed by atoms with Crippen LogP contribution in [0.15, 0.2) is 22.7 Å². The fourth-order valence-electron chi connectivity index (χ4n) is 4.36. The zero-order chi connectivity index (χ0) is 23.4. The molecule has 0 radical (unpaired) electrons. The van der Waals surface area contributed by atoms with Crippen molar-refractivity contribution in [2.75, 3.05) is 38.8 Å². The van der Waals surface area contributed by atoms with E-state index in [1.165, 1.54) is 0 Å². The molecule has 1 saturated heterocycles. The molecule has 0 aliphatic carbocycles. The topological polar surface area (TPSA) is 103 Å². The van der Waals surface area contributed by atoms with Crippen molar-refractivity contribution < 1.29 is 18.8 Å². The van der Waals surface area contributed by atoms with Gasteiger partial charge < -0.3 is 24.2 Å². The number of fused-ring (bicyclic) bond motifs is 1. The molecule has 33 heavy (non-hydrogen) atoms. The van der Waals surface area contributed by atoms with Crippen LogP contribution in [0.1, 0.15) is 36.8 Å². The van der Waals surface area contributed by atoms with Crippen LogP contribution in [0.4, 0.5) is 5.82 Å². The predicted molar refractivity (Wildman–Crippen MR) is 125 cm³/mol. The molecule has 3 heterocycles. The van der Waals surface area contributed by atoms with Crippen molar-refractivity contribution in [1.82, 2.24) is 20.4 Å². The van der Waals surface area contributed by atoms with E-state index in [-0.39, 0.29) is 11.8 Å². The second-order valence-corrected chi connectivity index (χ2v) is 8.27. The minimum atomic E-state index is -0.0978. The molecule has 3 aromatic rings. The molecule has 2 aromatic heterocycles. The lowest BCUT2D eigenvalue weighted by Crippen LogP contribution is -2.44. The van der Waals surface area contributed by atoms with Crippen molar-refractivity contribution in [3.63, 3.8) is 0 Å². The number of anilines is 1. The molecule has 0 unspecified atom stereocenters. The highest BCUT2D eigenvalue weighted by Gasteiger charge is 2.29. The summed E-state index contributed by atoms with van der Waals surface area (Å²) in [6.07, 6.45) is 3.23. The normalized spacial score (nSPS) is 16.1. The summed E-state index contributed by atoms with van der Waals surface area (Å²) >= 11 is 0. The van der Waals surface area contributed by atoms with E-state index in [1.54, 1.807) is 14.2 Å². The van der Waals surface area contributed by atoms with E-state index >= 15 is 0 Å². The van der Waals surface area contributed by atoms with E-state index in [0.29, 0.717) is 36.1 Å². The van der Waals surface area contributed by atoms with Crippen molar-refractivity contribution in [1.29, 1.82) is 0 Å². The molecule has 1 aromatic carbocycles. The van der Waals surface area contributed by atoms with Crippen LogP contribution in [0.25, 0.3) is 11.1 Å². The second kappa shape index (κ2) is 10.1. The summed E-state index contributed by atoms with van der Waals surface area (Å²) in [5.41, 5.74) is 2.44. The van der Waals surface area contributed by atoms with Gasteiger partial charge in [-0.05, 0) is 50.3 Å². The van der Waals surface area contributed by atoms with Crippen LogP contribution in [-0.4, -0.2) is 54.9 Å². The number of aromatic nitrogens is 3. The van der Waals surface area contributed by atoms with Crippen LogP contribution in [0.5, 0.6) is 11.5 Å². The number of hydrogen-bond donors (Lipinski definition) is 1. The number of piperidine rings is 1. The Bertz CT molecular complexity index is 1130. The number of aryl methyl sites for hydroxylation is 2.